The normalized spacial score (nSPS) is 14.5. The van der Waals surface area contributed by atoms with Gasteiger partial charge in [-0.3, -0.25) is 9.97 Å². The van der Waals surface area contributed by atoms with Crippen molar-refractivity contribution in [3.63, 3.8) is 0 Å². The Labute approximate surface area is 238 Å². The fourth-order valence-corrected chi connectivity index (χ4v) is 5.15. The average Bonchev–Trinajstić information content (AvgIpc) is 2.94. The number of halogens is 3. The van der Waals surface area contributed by atoms with Crippen molar-refractivity contribution >= 4 is 57.3 Å². The van der Waals surface area contributed by atoms with E-state index in [0.717, 1.165) is 5.56 Å². The van der Waals surface area contributed by atoms with E-state index in [1.54, 1.807) is 24.5 Å². The molecule has 2 aromatic heterocycles. The summed E-state index contributed by atoms with van der Waals surface area (Å²) in [5, 5.41) is 37.4. The van der Waals surface area contributed by atoms with E-state index in [4.69, 9.17) is 23.2 Å². The van der Waals surface area contributed by atoms with Crippen LogP contribution in [0.1, 0.15) is 29.5 Å². The molecule has 4 aromatic rings. The van der Waals surface area contributed by atoms with Crippen molar-refractivity contribution in [2.45, 2.75) is 25.0 Å². The topological polar surface area (TPSA) is 134 Å². The second-order valence-corrected chi connectivity index (χ2v) is 10.3. The molecule has 5 rings (SSSR count). The number of amides is 1. The van der Waals surface area contributed by atoms with Crippen molar-refractivity contribution in [2.75, 3.05) is 23.7 Å². The Morgan fingerprint density at radius 2 is 1.85 bits per heavy atom. The molecule has 0 spiro atoms. The van der Waals surface area contributed by atoms with Gasteiger partial charge in [-0.25, -0.2) is 9.18 Å². The van der Waals surface area contributed by atoms with Crippen molar-refractivity contribution < 1.29 is 19.4 Å². The Morgan fingerprint density at radius 1 is 1.10 bits per heavy atom. The third-order valence-corrected chi connectivity index (χ3v) is 7.50. The number of fused-ring (bicyclic) bond motifs is 1. The summed E-state index contributed by atoms with van der Waals surface area (Å²) in [7, 11) is 0. The number of nitrogens with zero attached hydrogens (tertiary/aromatic N) is 4. The van der Waals surface area contributed by atoms with Crippen LogP contribution in [0, 0.1) is 17.1 Å². The van der Waals surface area contributed by atoms with Crippen molar-refractivity contribution in [3.05, 3.63) is 87.5 Å². The lowest BCUT2D eigenvalue weighted by molar-refractivity contribution is -0.0216. The molecule has 0 saturated carbocycles. The van der Waals surface area contributed by atoms with Crippen LogP contribution >= 0.6 is 23.2 Å². The van der Waals surface area contributed by atoms with Gasteiger partial charge in [0.2, 0.25) is 0 Å². The third-order valence-electron chi connectivity index (χ3n) is 6.92. The molecule has 4 N–H and O–H groups in total. The van der Waals surface area contributed by atoms with Crippen molar-refractivity contribution in [1.82, 2.24) is 14.9 Å². The largest absolute Gasteiger partial charge is 0.465 e. The Kier molecular flexibility index (Phi) is 7.63. The molecule has 1 amide bonds. The zero-order valence-corrected chi connectivity index (χ0v) is 22.5. The van der Waals surface area contributed by atoms with Crippen LogP contribution in [0.5, 0.6) is 0 Å². The lowest BCUT2D eigenvalue weighted by Crippen LogP contribution is -2.44. The first-order valence-electron chi connectivity index (χ1n) is 12.3. The standard InChI is InChI=1S/C28H23Cl2FN6O3/c29-22-9-19(1-2-24(22)31)36-25-17(11-32)14-35-26-21(25)8-20(10-23(26)30)34-13-16-7-18(15-33-12-16)28(40)3-5-37(6-4-28)27(38)39/h1-2,7-10,12,14-15,34,40H,3-6,13H2,(H,35,36)(H,38,39). The van der Waals surface area contributed by atoms with Crippen molar-refractivity contribution in [2.24, 2.45) is 0 Å². The highest BCUT2D eigenvalue weighted by molar-refractivity contribution is 6.36. The maximum absolute atomic E-state index is 13.7. The number of hydrogen-bond acceptors (Lipinski definition) is 7. The molecule has 0 bridgehead atoms. The van der Waals surface area contributed by atoms with E-state index in [0.29, 0.717) is 45.1 Å². The van der Waals surface area contributed by atoms with Crippen LogP contribution in [-0.2, 0) is 12.1 Å². The van der Waals surface area contributed by atoms with Gasteiger partial charge in [-0.15, -0.1) is 0 Å². The predicted octanol–water partition coefficient (Wildman–Crippen LogP) is 6.26. The molecule has 1 saturated heterocycles. The highest BCUT2D eigenvalue weighted by Crippen LogP contribution is 2.36. The van der Waals surface area contributed by atoms with Gasteiger partial charge in [0.15, 0.2) is 0 Å². The van der Waals surface area contributed by atoms with Gasteiger partial charge in [-0.05, 0) is 54.8 Å². The maximum atomic E-state index is 13.7. The molecular formula is C28H23Cl2FN6O3. The van der Waals surface area contributed by atoms with Crippen LogP contribution in [-0.4, -0.2) is 44.3 Å². The summed E-state index contributed by atoms with van der Waals surface area (Å²) in [5.41, 5.74) is 2.57. The van der Waals surface area contributed by atoms with E-state index in [9.17, 15) is 24.7 Å². The first-order valence-corrected chi connectivity index (χ1v) is 13.1. The molecule has 3 heterocycles. The predicted molar refractivity (Wildman–Crippen MR) is 150 cm³/mol. The number of rotatable bonds is 6. The summed E-state index contributed by atoms with van der Waals surface area (Å²) in [6.45, 7) is 0.827. The second kappa shape index (κ2) is 11.1. The van der Waals surface area contributed by atoms with Gasteiger partial charge in [0.05, 0.1) is 32.4 Å². The van der Waals surface area contributed by atoms with E-state index < -0.39 is 17.5 Å². The average molecular weight is 581 g/mol. The summed E-state index contributed by atoms with van der Waals surface area (Å²) < 4.78 is 13.7. The molecule has 12 heteroatoms. The SMILES string of the molecule is N#Cc1cnc2c(Cl)cc(NCc3cncc(C4(O)CCN(C(=O)O)CC4)c3)cc2c1Nc1ccc(F)c(Cl)c1. The number of likely N-dealkylation sites (tertiary alicyclic amines) is 1. The molecular weight excluding hydrogens is 558 g/mol. The Bertz CT molecular complexity index is 1650. The third kappa shape index (κ3) is 5.58. The number of carbonyl (C=O) groups is 1. The van der Waals surface area contributed by atoms with Gasteiger partial charge in [-0.2, -0.15) is 5.26 Å². The van der Waals surface area contributed by atoms with E-state index in [2.05, 4.69) is 26.7 Å². The lowest BCUT2D eigenvalue weighted by atomic mass is 9.85. The molecule has 0 unspecified atom stereocenters. The van der Waals surface area contributed by atoms with E-state index in [1.165, 1.54) is 29.3 Å². The maximum Gasteiger partial charge on any atom is 0.407 e. The van der Waals surface area contributed by atoms with E-state index in [-0.39, 0.29) is 36.5 Å². The summed E-state index contributed by atoms with van der Waals surface area (Å²) in [6, 6.07) is 11.6. The lowest BCUT2D eigenvalue weighted by Gasteiger charge is -2.37. The number of hydrogen-bond donors (Lipinski definition) is 4. The van der Waals surface area contributed by atoms with E-state index >= 15 is 0 Å². The van der Waals surface area contributed by atoms with Gasteiger partial charge >= 0.3 is 6.09 Å². The Hall–Kier alpha value is -4.17. The molecule has 0 aliphatic carbocycles. The van der Waals surface area contributed by atoms with Crippen LogP contribution in [0.3, 0.4) is 0 Å². The number of benzene rings is 2. The molecule has 40 heavy (non-hydrogen) atoms. The number of piperidine rings is 1. The van der Waals surface area contributed by atoms with Crippen molar-refractivity contribution in [1.29, 1.82) is 5.26 Å². The Morgan fingerprint density at radius 3 is 2.55 bits per heavy atom. The van der Waals surface area contributed by atoms with Crippen LogP contribution in [0.15, 0.2) is 55.0 Å². The highest BCUT2D eigenvalue weighted by Gasteiger charge is 2.35. The summed E-state index contributed by atoms with van der Waals surface area (Å²) in [5.74, 6) is -0.557. The Balaban J connectivity index is 1.40. The van der Waals surface area contributed by atoms with Crippen LogP contribution in [0.4, 0.5) is 26.2 Å². The zero-order valence-electron chi connectivity index (χ0n) is 21.0. The van der Waals surface area contributed by atoms with Crippen molar-refractivity contribution in [3.8, 4) is 6.07 Å². The summed E-state index contributed by atoms with van der Waals surface area (Å²) in [4.78, 5) is 21.1. The fraction of sp³-hybridized carbons (Fsp3) is 0.214. The zero-order chi connectivity index (χ0) is 28.4. The smallest absolute Gasteiger partial charge is 0.407 e. The van der Waals surface area contributed by atoms with Crippen LogP contribution in [0.2, 0.25) is 10.0 Å². The molecule has 0 radical (unpaired) electrons. The second-order valence-electron chi connectivity index (χ2n) is 9.50. The minimum absolute atomic E-state index is 0.0600. The molecule has 204 valence electrons. The molecule has 1 fully saturated rings. The first kappa shape index (κ1) is 27.4. The number of aromatic nitrogens is 2. The van der Waals surface area contributed by atoms with Crippen LogP contribution in [0.25, 0.3) is 10.9 Å². The molecule has 9 nitrogen and oxygen atoms in total. The quantitative estimate of drug-likeness (QED) is 0.210. The molecule has 1 aliphatic rings. The van der Waals surface area contributed by atoms with Crippen LogP contribution < -0.4 is 10.6 Å². The number of pyridine rings is 2. The number of nitriles is 1. The molecule has 2 aromatic carbocycles. The van der Waals surface area contributed by atoms with Gasteiger partial charge in [-0.1, -0.05) is 23.2 Å². The van der Waals surface area contributed by atoms with Gasteiger partial charge in [0.25, 0.3) is 0 Å². The summed E-state index contributed by atoms with van der Waals surface area (Å²) >= 11 is 12.5. The first-order chi connectivity index (χ1) is 19.2. The number of nitrogens with one attached hydrogen (secondary N) is 2. The fourth-order valence-electron chi connectivity index (χ4n) is 4.70. The molecule has 0 atom stereocenters. The van der Waals surface area contributed by atoms with E-state index in [1.807, 2.05) is 6.07 Å². The number of anilines is 3. The highest BCUT2D eigenvalue weighted by atomic mass is 35.5. The van der Waals surface area contributed by atoms with Gasteiger partial charge < -0.3 is 25.7 Å². The summed E-state index contributed by atoms with van der Waals surface area (Å²) in [6.07, 6.45) is 4.25. The minimum Gasteiger partial charge on any atom is -0.465 e. The van der Waals surface area contributed by atoms with Gasteiger partial charge in [0.1, 0.15) is 11.9 Å². The minimum atomic E-state index is -1.16. The monoisotopic (exact) mass is 580 g/mol. The van der Waals surface area contributed by atoms with Gasteiger partial charge in [0, 0.05) is 60.5 Å². The number of carboxylic acid groups (broad SMARTS) is 1. The molecule has 1 aliphatic heterocycles. The number of aliphatic hydroxyl groups is 1.